The lowest BCUT2D eigenvalue weighted by molar-refractivity contribution is 0.0995. The van der Waals surface area contributed by atoms with E-state index in [0.717, 1.165) is 49.7 Å². The number of nitrogens with zero attached hydrogens (tertiary/aromatic N) is 5. The van der Waals surface area contributed by atoms with Gasteiger partial charge in [0.25, 0.3) is 5.91 Å². The Morgan fingerprint density at radius 1 is 1.07 bits per heavy atom. The van der Waals surface area contributed by atoms with E-state index in [1.807, 2.05) is 28.8 Å². The third-order valence-electron chi connectivity index (χ3n) is 5.08. The van der Waals surface area contributed by atoms with Crippen molar-refractivity contribution >= 4 is 22.5 Å². The summed E-state index contributed by atoms with van der Waals surface area (Å²) in [6.07, 6.45) is 7.53. The van der Waals surface area contributed by atoms with Crippen LogP contribution < -0.4 is 0 Å². The molecule has 0 saturated carbocycles. The van der Waals surface area contributed by atoms with Crippen LogP contribution in [0, 0.1) is 0 Å². The molecule has 158 valence electrons. The van der Waals surface area contributed by atoms with E-state index < -0.39 is 5.91 Å². The molecule has 0 unspecified atom stereocenters. The Morgan fingerprint density at radius 2 is 1.73 bits per heavy atom. The molecule has 2 heterocycles. The van der Waals surface area contributed by atoms with Crippen molar-refractivity contribution < 1.29 is 9.90 Å². The number of benzene rings is 1. The highest BCUT2D eigenvalue weighted by atomic mass is 16.3. The van der Waals surface area contributed by atoms with Gasteiger partial charge in [0.1, 0.15) is 0 Å². The standard InChI is InChI=1S/C23H29N5O2/c1-3-5-15-27(16-6-4-2)17-28-20-10-8-7-9-19(20)21(23(28)30)25-26-22(29)18-11-13-24-14-12-18/h7-14,30H,3-6,15-17H2,1-2H3. The number of hydrogen-bond acceptors (Lipinski definition) is 5. The molecule has 0 aliphatic heterocycles. The van der Waals surface area contributed by atoms with Gasteiger partial charge in [-0.15, -0.1) is 10.2 Å². The Balaban J connectivity index is 1.92. The van der Waals surface area contributed by atoms with E-state index in [9.17, 15) is 9.90 Å². The Hall–Kier alpha value is -3.06. The average molecular weight is 408 g/mol. The molecule has 3 rings (SSSR count). The lowest BCUT2D eigenvalue weighted by Crippen LogP contribution is -2.28. The molecule has 1 aromatic carbocycles. The van der Waals surface area contributed by atoms with Gasteiger partial charge in [0.05, 0.1) is 12.2 Å². The van der Waals surface area contributed by atoms with Crippen molar-refractivity contribution in [1.29, 1.82) is 0 Å². The van der Waals surface area contributed by atoms with Crippen LogP contribution in [0.4, 0.5) is 5.69 Å². The summed E-state index contributed by atoms with van der Waals surface area (Å²) in [5, 5.41) is 19.7. The second kappa shape index (κ2) is 10.6. The number of para-hydroxylation sites is 1. The number of aromatic nitrogens is 2. The van der Waals surface area contributed by atoms with Crippen LogP contribution in [0.5, 0.6) is 5.88 Å². The number of amides is 1. The summed E-state index contributed by atoms with van der Waals surface area (Å²) in [5.41, 5.74) is 1.60. The predicted octanol–water partition coefficient (Wildman–Crippen LogP) is 5.53. The molecule has 0 atom stereocenters. The van der Waals surface area contributed by atoms with Crippen LogP contribution in [0.25, 0.3) is 10.9 Å². The minimum absolute atomic E-state index is 0.0282. The molecule has 0 radical (unpaired) electrons. The molecular formula is C23H29N5O2. The summed E-state index contributed by atoms with van der Waals surface area (Å²) >= 11 is 0. The van der Waals surface area contributed by atoms with Crippen LogP contribution in [-0.4, -0.2) is 38.6 Å². The Bertz CT molecular complexity index is 990. The van der Waals surface area contributed by atoms with Gasteiger partial charge >= 0.3 is 0 Å². The molecule has 0 bridgehead atoms. The van der Waals surface area contributed by atoms with Crippen molar-refractivity contribution in [3.05, 3.63) is 54.4 Å². The van der Waals surface area contributed by atoms with Crippen molar-refractivity contribution in [3.8, 4) is 5.88 Å². The first-order valence-electron chi connectivity index (χ1n) is 10.5. The van der Waals surface area contributed by atoms with Crippen molar-refractivity contribution in [3.63, 3.8) is 0 Å². The summed E-state index contributed by atoms with van der Waals surface area (Å²) in [7, 11) is 0. The fraction of sp³-hybridized carbons (Fsp3) is 0.391. The highest BCUT2D eigenvalue weighted by Gasteiger charge is 2.18. The van der Waals surface area contributed by atoms with Crippen molar-refractivity contribution in [2.24, 2.45) is 10.2 Å². The molecule has 2 aromatic heterocycles. The average Bonchev–Trinajstić information content (AvgIpc) is 3.05. The smallest absolute Gasteiger partial charge is 0.295 e. The first-order chi connectivity index (χ1) is 14.7. The zero-order valence-corrected chi connectivity index (χ0v) is 17.7. The summed E-state index contributed by atoms with van der Waals surface area (Å²) in [6.45, 7) is 6.87. The molecule has 1 amide bonds. The van der Waals surface area contributed by atoms with Crippen LogP contribution in [0.3, 0.4) is 0 Å². The first-order valence-corrected chi connectivity index (χ1v) is 10.5. The van der Waals surface area contributed by atoms with E-state index in [0.29, 0.717) is 17.9 Å². The van der Waals surface area contributed by atoms with Gasteiger partial charge in [0.2, 0.25) is 5.88 Å². The number of pyridine rings is 1. The molecule has 0 saturated heterocycles. The molecule has 7 heteroatoms. The molecule has 0 spiro atoms. The number of rotatable bonds is 10. The van der Waals surface area contributed by atoms with E-state index in [4.69, 9.17) is 0 Å². The summed E-state index contributed by atoms with van der Waals surface area (Å²) in [6, 6.07) is 10.8. The minimum atomic E-state index is -0.471. The van der Waals surface area contributed by atoms with Gasteiger partial charge in [-0.05, 0) is 44.1 Å². The van der Waals surface area contributed by atoms with Gasteiger partial charge < -0.3 is 5.11 Å². The Labute approximate surface area is 177 Å². The lowest BCUT2D eigenvalue weighted by atomic mass is 10.2. The van der Waals surface area contributed by atoms with E-state index in [-0.39, 0.29) is 5.88 Å². The predicted molar refractivity (Wildman–Crippen MR) is 118 cm³/mol. The molecule has 7 nitrogen and oxygen atoms in total. The number of azo groups is 1. The highest BCUT2D eigenvalue weighted by molar-refractivity contribution is 5.97. The van der Waals surface area contributed by atoms with Gasteiger partial charge in [-0.25, -0.2) is 0 Å². The Morgan fingerprint density at radius 3 is 2.40 bits per heavy atom. The zero-order chi connectivity index (χ0) is 21.3. The van der Waals surface area contributed by atoms with Gasteiger partial charge in [-0.2, -0.15) is 0 Å². The van der Waals surface area contributed by atoms with E-state index in [1.54, 1.807) is 12.1 Å². The maximum absolute atomic E-state index is 12.3. The third-order valence-corrected chi connectivity index (χ3v) is 5.08. The molecule has 0 aliphatic rings. The summed E-state index contributed by atoms with van der Waals surface area (Å²) in [4.78, 5) is 18.6. The normalized spacial score (nSPS) is 11.7. The highest BCUT2D eigenvalue weighted by Crippen LogP contribution is 2.39. The first kappa shape index (κ1) is 21.6. The van der Waals surface area contributed by atoms with Gasteiger partial charge in [-0.3, -0.25) is 19.2 Å². The summed E-state index contributed by atoms with van der Waals surface area (Å²) in [5.74, 6) is -0.443. The minimum Gasteiger partial charge on any atom is -0.493 e. The Kier molecular flexibility index (Phi) is 7.68. The maximum Gasteiger partial charge on any atom is 0.295 e. The van der Waals surface area contributed by atoms with Crippen molar-refractivity contribution in [2.45, 2.75) is 46.2 Å². The van der Waals surface area contributed by atoms with Gasteiger partial charge in [-0.1, -0.05) is 44.9 Å². The SMILES string of the molecule is CCCCN(CCCC)Cn1c(O)c(N=NC(=O)c2ccncc2)c2ccccc21. The van der Waals surface area contributed by atoms with Crippen LogP contribution in [0.2, 0.25) is 0 Å². The van der Waals surface area contributed by atoms with Gasteiger partial charge in [0.15, 0.2) is 5.69 Å². The number of fused-ring (bicyclic) bond motifs is 1. The largest absolute Gasteiger partial charge is 0.493 e. The van der Waals surface area contributed by atoms with Crippen LogP contribution in [0.15, 0.2) is 59.0 Å². The monoisotopic (exact) mass is 407 g/mol. The number of carbonyl (C=O) groups is 1. The number of hydrogen-bond donors (Lipinski definition) is 1. The molecule has 30 heavy (non-hydrogen) atoms. The lowest BCUT2D eigenvalue weighted by Gasteiger charge is -2.23. The second-order valence-electron chi connectivity index (χ2n) is 7.32. The zero-order valence-electron chi connectivity index (χ0n) is 17.7. The van der Waals surface area contributed by atoms with Crippen molar-refractivity contribution in [1.82, 2.24) is 14.5 Å². The number of unbranched alkanes of at least 4 members (excludes halogenated alkanes) is 2. The molecule has 0 fully saturated rings. The van der Waals surface area contributed by atoms with E-state index in [1.165, 1.54) is 12.4 Å². The van der Waals surface area contributed by atoms with Crippen LogP contribution in [-0.2, 0) is 6.67 Å². The fourth-order valence-corrected chi connectivity index (χ4v) is 3.38. The second-order valence-corrected chi connectivity index (χ2v) is 7.32. The number of carbonyl (C=O) groups excluding carboxylic acids is 1. The quantitative estimate of drug-likeness (QED) is 0.448. The topological polar surface area (TPSA) is 83.1 Å². The van der Waals surface area contributed by atoms with Crippen molar-refractivity contribution in [2.75, 3.05) is 13.1 Å². The third kappa shape index (κ3) is 5.10. The molecule has 3 aromatic rings. The van der Waals surface area contributed by atoms with E-state index >= 15 is 0 Å². The van der Waals surface area contributed by atoms with Crippen LogP contribution in [0.1, 0.15) is 49.9 Å². The van der Waals surface area contributed by atoms with Crippen LogP contribution >= 0.6 is 0 Å². The fourth-order valence-electron chi connectivity index (χ4n) is 3.38. The van der Waals surface area contributed by atoms with Gasteiger partial charge in [0, 0.05) is 23.3 Å². The number of aromatic hydroxyl groups is 1. The summed E-state index contributed by atoms with van der Waals surface area (Å²) < 4.78 is 1.85. The molecule has 1 N–H and O–H groups in total. The molecular weight excluding hydrogens is 378 g/mol. The van der Waals surface area contributed by atoms with E-state index in [2.05, 4.69) is 34.0 Å². The maximum atomic E-state index is 12.3. The molecule has 0 aliphatic carbocycles.